The SMILES string of the molecule is C[C@@H](O)[C@@H]1NC(=O)C[C@@H](C(=O)NCc2cccc(CN3CCOCC3)c2)NC(=O)c2ccccc2OCCN(C)C1=O. The summed E-state index contributed by atoms with van der Waals surface area (Å²) in [6, 6.07) is 11.9. The molecule has 4 amide bonds. The molecule has 4 rings (SSSR count). The van der Waals surface area contributed by atoms with Crippen LogP contribution < -0.4 is 20.7 Å². The quantitative estimate of drug-likeness (QED) is 0.374. The number of morpholine rings is 1. The number of carbonyl (C=O) groups excluding carboxylic acids is 4. The Hall–Kier alpha value is -4.00. The van der Waals surface area contributed by atoms with Crippen LogP contribution in [-0.2, 0) is 32.2 Å². The number of aliphatic hydroxyl groups excluding tert-OH is 1. The molecule has 12 nitrogen and oxygen atoms in total. The molecule has 1 saturated heterocycles. The van der Waals surface area contributed by atoms with E-state index in [1.807, 2.05) is 24.3 Å². The van der Waals surface area contributed by atoms with E-state index in [1.165, 1.54) is 18.9 Å². The molecule has 3 atom stereocenters. The zero-order valence-electron chi connectivity index (χ0n) is 24.0. The first kappa shape index (κ1) is 30.9. The lowest BCUT2D eigenvalue weighted by Crippen LogP contribution is -2.55. The predicted molar refractivity (Wildman–Crippen MR) is 153 cm³/mol. The normalized spacial score (nSPS) is 21.7. The van der Waals surface area contributed by atoms with Crippen molar-refractivity contribution < 1.29 is 33.8 Å². The number of rotatable bonds is 6. The number of amides is 4. The zero-order chi connectivity index (χ0) is 30.1. The van der Waals surface area contributed by atoms with Gasteiger partial charge in [0.25, 0.3) is 5.91 Å². The topological polar surface area (TPSA) is 150 Å². The third-order valence-corrected chi connectivity index (χ3v) is 7.24. The van der Waals surface area contributed by atoms with Gasteiger partial charge in [0, 0.05) is 33.2 Å². The second kappa shape index (κ2) is 14.8. The Morgan fingerprint density at radius 2 is 1.76 bits per heavy atom. The van der Waals surface area contributed by atoms with Crippen LogP contribution in [-0.4, -0.2) is 103 Å². The lowest BCUT2D eigenvalue weighted by Gasteiger charge is -2.28. The molecule has 2 aromatic rings. The third-order valence-electron chi connectivity index (χ3n) is 7.24. The number of nitrogens with zero attached hydrogens (tertiary/aromatic N) is 2. The Kier molecular flexibility index (Phi) is 10.9. The Morgan fingerprint density at radius 1 is 1.02 bits per heavy atom. The molecule has 0 spiro atoms. The van der Waals surface area contributed by atoms with E-state index in [-0.39, 0.29) is 31.0 Å². The summed E-state index contributed by atoms with van der Waals surface area (Å²) in [6.07, 6.45) is -1.64. The van der Waals surface area contributed by atoms with Gasteiger partial charge in [0.2, 0.25) is 17.7 Å². The van der Waals surface area contributed by atoms with Gasteiger partial charge in [0.05, 0.1) is 37.8 Å². The standard InChI is InChI=1S/C30H39N5O7/c1-20(36)27-30(40)34(2)10-15-42-25-9-4-3-8-23(25)28(38)32-24(17-26(37)33-27)29(39)31-18-21-6-5-7-22(16-21)19-35-11-13-41-14-12-35/h3-9,16,20,24,27,36H,10-15,17-19H2,1-2H3,(H,31,39)(H,32,38)(H,33,37)/t20-,24+,27+/m1/s1. The molecule has 0 unspecified atom stereocenters. The molecule has 0 bridgehead atoms. The molecule has 0 aromatic heterocycles. The summed E-state index contributed by atoms with van der Waals surface area (Å²) in [5.74, 6) is -2.05. The summed E-state index contributed by atoms with van der Waals surface area (Å²) in [4.78, 5) is 56.3. The van der Waals surface area contributed by atoms with E-state index in [4.69, 9.17) is 9.47 Å². The Morgan fingerprint density at radius 3 is 2.52 bits per heavy atom. The van der Waals surface area contributed by atoms with Crippen molar-refractivity contribution in [1.29, 1.82) is 0 Å². The number of carbonyl (C=O) groups is 4. The Balaban J connectivity index is 1.50. The monoisotopic (exact) mass is 581 g/mol. The minimum atomic E-state index is -1.26. The van der Waals surface area contributed by atoms with Gasteiger partial charge in [-0.25, -0.2) is 0 Å². The molecule has 0 saturated carbocycles. The number of aliphatic hydroxyl groups is 1. The number of benzene rings is 2. The van der Waals surface area contributed by atoms with E-state index >= 15 is 0 Å². The van der Waals surface area contributed by atoms with Crippen LogP contribution >= 0.6 is 0 Å². The van der Waals surface area contributed by atoms with Gasteiger partial charge in [-0.05, 0) is 30.2 Å². The summed E-state index contributed by atoms with van der Waals surface area (Å²) in [6.45, 7) is 5.70. The average molecular weight is 582 g/mol. The van der Waals surface area contributed by atoms with E-state index in [9.17, 15) is 24.3 Å². The highest BCUT2D eigenvalue weighted by atomic mass is 16.5. The summed E-state index contributed by atoms with van der Waals surface area (Å²) >= 11 is 0. The summed E-state index contributed by atoms with van der Waals surface area (Å²) < 4.78 is 11.2. The fourth-order valence-electron chi connectivity index (χ4n) is 4.84. The van der Waals surface area contributed by atoms with E-state index in [1.54, 1.807) is 24.3 Å². The fraction of sp³-hybridized carbons (Fsp3) is 0.467. The number of fused-ring (bicyclic) bond motifs is 1. The van der Waals surface area contributed by atoms with Crippen LogP contribution in [0.25, 0.3) is 0 Å². The van der Waals surface area contributed by atoms with E-state index in [0.29, 0.717) is 13.2 Å². The van der Waals surface area contributed by atoms with Crippen molar-refractivity contribution in [1.82, 2.24) is 25.8 Å². The van der Waals surface area contributed by atoms with Crippen LogP contribution in [0.4, 0.5) is 0 Å². The predicted octanol–water partition coefficient (Wildman–Crippen LogP) is 0.0401. The molecule has 2 aromatic carbocycles. The van der Waals surface area contributed by atoms with Crippen molar-refractivity contribution in [3.63, 3.8) is 0 Å². The first-order valence-electron chi connectivity index (χ1n) is 14.1. The Labute approximate surface area is 245 Å². The number of nitrogens with one attached hydrogen (secondary N) is 3. The third kappa shape index (κ3) is 8.51. The first-order chi connectivity index (χ1) is 20.2. The van der Waals surface area contributed by atoms with Crippen molar-refractivity contribution in [3.8, 4) is 5.75 Å². The van der Waals surface area contributed by atoms with Crippen molar-refractivity contribution in [2.45, 2.75) is 44.6 Å². The number of hydrogen-bond acceptors (Lipinski definition) is 8. The van der Waals surface area contributed by atoms with Gasteiger partial charge in [-0.2, -0.15) is 0 Å². The summed E-state index contributed by atoms with van der Waals surface area (Å²) in [5, 5.41) is 18.2. The number of hydrogen-bond donors (Lipinski definition) is 4. The lowest BCUT2D eigenvalue weighted by atomic mass is 10.1. The Bertz CT molecular complexity index is 1260. The number of para-hydroxylation sites is 1. The van der Waals surface area contributed by atoms with Gasteiger partial charge >= 0.3 is 0 Å². The van der Waals surface area contributed by atoms with Gasteiger partial charge in [-0.15, -0.1) is 0 Å². The molecular weight excluding hydrogens is 542 g/mol. The van der Waals surface area contributed by atoms with Crippen molar-refractivity contribution >= 4 is 23.6 Å². The molecule has 42 heavy (non-hydrogen) atoms. The van der Waals surface area contributed by atoms with Gasteiger partial charge < -0.3 is 35.4 Å². The van der Waals surface area contributed by atoms with Crippen molar-refractivity contribution in [2.75, 3.05) is 46.5 Å². The number of likely N-dealkylation sites (N-methyl/N-ethyl adjacent to an activating group) is 1. The van der Waals surface area contributed by atoms with Gasteiger partial charge in [-0.3, -0.25) is 24.1 Å². The molecule has 2 aliphatic rings. The minimum absolute atomic E-state index is 0.0710. The molecule has 1 fully saturated rings. The number of ether oxygens (including phenoxy) is 2. The summed E-state index contributed by atoms with van der Waals surface area (Å²) in [5.41, 5.74) is 2.16. The first-order valence-corrected chi connectivity index (χ1v) is 14.1. The minimum Gasteiger partial charge on any atom is -0.491 e. The zero-order valence-corrected chi connectivity index (χ0v) is 24.0. The molecule has 0 aliphatic carbocycles. The summed E-state index contributed by atoms with van der Waals surface area (Å²) in [7, 11) is 1.53. The fourth-order valence-corrected chi connectivity index (χ4v) is 4.84. The van der Waals surface area contributed by atoms with E-state index in [0.717, 1.165) is 30.8 Å². The molecule has 0 radical (unpaired) electrons. The highest BCUT2D eigenvalue weighted by molar-refractivity contribution is 6.01. The lowest BCUT2D eigenvalue weighted by molar-refractivity contribution is -0.139. The van der Waals surface area contributed by atoms with Gasteiger partial charge in [0.1, 0.15) is 24.4 Å². The van der Waals surface area contributed by atoms with Crippen LogP contribution in [0.1, 0.15) is 34.8 Å². The van der Waals surface area contributed by atoms with Crippen LogP contribution in [0, 0.1) is 0 Å². The molecule has 12 heteroatoms. The van der Waals surface area contributed by atoms with Gasteiger partial charge in [-0.1, -0.05) is 36.4 Å². The highest BCUT2D eigenvalue weighted by Crippen LogP contribution is 2.19. The molecule has 226 valence electrons. The van der Waals surface area contributed by atoms with Crippen molar-refractivity contribution in [2.24, 2.45) is 0 Å². The van der Waals surface area contributed by atoms with Gasteiger partial charge in [0.15, 0.2) is 0 Å². The maximum absolute atomic E-state index is 13.4. The maximum Gasteiger partial charge on any atom is 0.255 e. The smallest absolute Gasteiger partial charge is 0.255 e. The van der Waals surface area contributed by atoms with Crippen LogP contribution in [0.5, 0.6) is 5.75 Å². The second-order valence-corrected chi connectivity index (χ2v) is 10.5. The van der Waals surface area contributed by atoms with Crippen molar-refractivity contribution in [3.05, 3.63) is 65.2 Å². The molecular formula is C30H39N5O7. The molecule has 4 N–H and O–H groups in total. The van der Waals surface area contributed by atoms with Crippen LogP contribution in [0.3, 0.4) is 0 Å². The van der Waals surface area contributed by atoms with E-state index < -0.39 is 48.2 Å². The van der Waals surface area contributed by atoms with Crippen LogP contribution in [0.15, 0.2) is 48.5 Å². The molecule has 2 aliphatic heterocycles. The van der Waals surface area contributed by atoms with Crippen LogP contribution in [0.2, 0.25) is 0 Å². The second-order valence-electron chi connectivity index (χ2n) is 10.5. The average Bonchev–Trinajstić information content (AvgIpc) is 2.98. The molecule has 2 heterocycles. The largest absolute Gasteiger partial charge is 0.491 e. The maximum atomic E-state index is 13.4. The highest BCUT2D eigenvalue weighted by Gasteiger charge is 2.32. The van der Waals surface area contributed by atoms with E-state index in [2.05, 4.69) is 20.9 Å².